The Morgan fingerprint density at radius 3 is 2.58 bits per heavy atom. The van der Waals surface area contributed by atoms with Gasteiger partial charge in [0, 0.05) is 6.20 Å². The molecule has 0 bridgehead atoms. The molecule has 5 nitrogen and oxygen atoms in total. The van der Waals surface area contributed by atoms with Gasteiger partial charge in [-0.1, -0.05) is 12.1 Å². The summed E-state index contributed by atoms with van der Waals surface area (Å²) in [5.41, 5.74) is 0.616. The summed E-state index contributed by atoms with van der Waals surface area (Å²) in [4.78, 5) is 22.9. The van der Waals surface area contributed by atoms with Crippen LogP contribution >= 0.6 is 0 Å². The van der Waals surface area contributed by atoms with Crippen LogP contribution in [0.5, 0.6) is 0 Å². The number of hydrogen-bond acceptors (Lipinski definition) is 3. The van der Waals surface area contributed by atoms with E-state index in [2.05, 4.69) is 20.3 Å². The molecule has 3 aromatic rings. The van der Waals surface area contributed by atoms with Gasteiger partial charge in [0.25, 0.3) is 5.91 Å². The minimum atomic E-state index is -4.53. The minimum Gasteiger partial charge on any atom is -0.342 e. The van der Waals surface area contributed by atoms with Crippen LogP contribution in [0.15, 0.2) is 42.6 Å². The average molecular weight is 334 g/mol. The zero-order valence-corrected chi connectivity index (χ0v) is 12.6. The molecular weight excluding hydrogens is 321 g/mol. The molecule has 0 saturated carbocycles. The summed E-state index contributed by atoms with van der Waals surface area (Å²) in [6.45, 7) is 1.73. The number of carbonyl (C=O) groups excluding carboxylic acids is 1. The molecule has 124 valence electrons. The molecule has 1 amide bonds. The Bertz CT molecular complexity index is 838. The lowest BCUT2D eigenvalue weighted by molar-refractivity contribution is -0.141. The van der Waals surface area contributed by atoms with Gasteiger partial charge in [0.1, 0.15) is 11.5 Å². The number of nitrogens with zero attached hydrogens (tertiary/aromatic N) is 2. The van der Waals surface area contributed by atoms with Gasteiger partial charge in [-0.25, -0.2) is 4.98 Å². The van der Waals surface area contributed by atoms with Crippen molar-refractivity contribution in [2.75, 3.05) is 0 Å². The van der Waals surface area contributed by atoms with E-state index in [0.717, 1.165) is 29.4 Å². The van der Waals surface area contributed by atoms with E-state index in [4.69, 9.17) is 0 Å². The van der Waals surface area contributed by atoms with Gasteiger partial charge in [-0.15, -0.1) is 0 Å². The molecule has 1 aromatic carbocycles. The van der Waals surface area contributed by atoms with E-state index in [1.54, 1.807) is 6.92 Å². The van der Waals surface area contributed by atoms with Crippen molar-refractivity contribution in [2.45, 2.75) is 19.1 Å². The number of benzene rings is 1. The molecule has 24 heavy (non-hydrogen) atoms. The van der Waals surface area contributed by atoms with Crippen LogP contribution in [0.25, 0.3) is 11.0 Å². The number of nitrogens with one attached hydrogen (secondary N) is 2. The third kappa shape index (κ3) is 3.22. The average Bonchev–Trinajstić information content (AvgIpc) is 2.98. The minimum absolute atomic E-state index is 0.0472. The summed E-state index contributed by atoms with van der Waals surface area (Å²) in [7, 11) is 0. The van der Waals surface area contributed by atoms with Gasteiger partial charge in [-0.3, -0.25) is 9.78 Å². The topological polar surface area (TPSA) is 70.7 Å². The van der Waals surface area contributed by atoms with E-state index < -0.39 is 23.8 Å². The van der Waals surface area contributed by atoms with Crippen LogP contribution in [0.1, 0.15) is 34.8 Å². The highest BCUT2D eigenvalue weighted by atomic mass is 19.4. The maximum atomic E-state index is 12.5. The number of alkyl halides is 3. The van der Waals surface area contributed by atoms with Crippen LogP contribution in [0.4, 0.5) is 13.2 Å². The first-order valence-electron chi connectivity index (χ1n) is 7.13. The summed E-state index contributed by atoms with van der Waals surface area (Å²) < 4.78 is 37.4. The van der Waals surface area contributed by atoms with Gasteiger partial charge in [0.2, 0.25) is 0 Å². The molecule has 1 unspecified atom stereocenters. The fourth-order valence-electron chi connectivity index (χ4n) is 2.22. The van der Waals surface area contributed by atoms with E-state index in [-0.39, 0.29) is 5.56 Å². The second-order valence-electron chi connectivity index (χ2n) is 5.26. The molecule has 0 aliphatic rings. The molecule has 0 fully saturated rings. The number of fused-ring (bicyclic) bond motifs is 1. The quantitative estimate of drug-likeness (QED) is 0.770. The number of aromatic amines is 1. The van der Waals surface area contributed by atoms with Gasteiger partial charge >= 0.3 is 6.18 Å². The molecule has 0 spiro atoms. The SMILES string of the molecule is CC(NC(=O)c1ccc(C(F)(F)F)nc1)c1nc2ccccc2[nH]1. The highest BCUT2D eigenvalue weighted by Gasteiger charge is 2.32. The molecule has 0 radical (unpaired) electrons. The Kier molecular flexibility index (Phi) is 3.96. The zero-order valence-electron chi connectivity index (χ0n) is 12.6. The van der Waals surface area contributed by atoms with Crippen LogP contribution in [0.3, 0.4) is 0 Å². The second kappa shape index (κ2) is 5.95. The molecule has 1 atom stereocenters. The van der Waals surface area contributed by atoms with Crippen LogP contribution in [0, 0.1) is 0 Å². The van der Waals surface area contributed by atoms with Crippen molar-refractivity contribution in [3.8, 4) is 0 Å². The van der Waals surface area contributed by atoms with Gasteiger partial charge in [0.15, 0.2) is 0 Å². The smallest absolute Gasteiger partial charge is 0.342 e. The largest absolute Gasteiger partial charge is 0.433 e. The molecule has 2 aromatic heterocycles. The fraction of sp³-hybridized carbons (Fsp3) is 0.188. The van der Waals surface area contributed by atoms with Crippen molar-refractivity contribution in [3.63, 3.8) is 0 Å². The van der Waals surface area contributed by atoms with Crippen LogP contribution in [-0.2, 0) is 6.18 Å². The summed E-state index contributed by atoms with van der Waals surface area (Å²) in [5.74, 6) is 0.0357. The number of H-pyrrole nitrogens is 1. The van der Waals surface area contributed by atoms with E-state index >= 15 is 0 Å². The summed E-state index contributed by atoms with van der Waals surface area (Å²) in [6.07, 6.45) is -3.62. The lowest BCUT2D eigenvalue weighted by atomic mass is 10.2. The molecule has 0 aliphatic carbocycles. The number of pyridine rings is 1. The number of amides is 1. The Balaban J connectivity index is 1.74. The Labute approximate surface area is 134 Å². The van der Waals surface area contributed by atoms with Crippen molar-refractivity contribution in [2.24, 2.45) is 0 Å². The van der Waals surface area contributed by atoms with Crippen molar-refractivity contribution in [3.05, 3.63) is 59.7 Å². The van der Waals surface area contributed by atoms with Gasteiger partial charge in [-0.05, 0) is 31.2 Å². The Hall–Kier alpha value is -2.90. The summed E-state index contributed by atoms with van der Waals surface area (Å²) in [6, 6.07) is 8.85. The first-order valence-corrected chi connectivity index (χ1v) is 7.13. The monoisotopic (exact) mass is 334 g/mol. The predicted octanol–water partition coefficient (Wildman–Crippen LogP) is 3.47. The number of carbonyl (C=O) groups is 1. The molecule has 0 saturated heterocycles. The second-order valence-corrected chi connectivity index (χ2v) is 5.26. The predicted molar refractivity (Wildman–Crippen MR) is 81.2 cm³/mol. The number of aromatic nitrogens is 3. The van der Waals surface area contributed by atoms with Crippen molar-refractivity contribution >= 4 is 16.9 Å². The maximum absolute atomic E-state index is 12.5. The van der Waals surface area contributed by atoms with Crippen LogP contribution < -0.4 is 5.32 Å². The highest BCUT2D eigenvalue weighted by Crippen LogP contribution is 2.27. The van der Waals surface area contributed by atoms with Gasteiger partial charge < -0.3 is 10.3 Å². The number of para-hydroxylation sites is 2. The molecule has 2 N–H and O–H groups in total. The van der Waals surface area contributed by atoms with E-state index in [9.17, 15) is 18.0 Å². The lowest BCUT2D eigenvalue weighted by Gasteiger charge is -2.12. The Morgan fingerprint density at radius 2 is 1.96 bits per heavy atom. The van der Waals surface area contributed by atoms with E-state index in [1.807, 2.05) is 24.3 Å². The van der Waals surface area contributed by atoms with Crippen molar-refractivity contribution in [1.29, 1.82) is 0 Å². The number of imidazole rings is 1. The first kappa shape index (κ1) is 16.0. The third-order valence-electron chi connectivity index (χ3n) is 3.48. The molecular formula is C16H13F3N4O. The third-order valence-corrected chi connectivity index (χ3v) is 3.48. The highest BCUT2D eigenvalue weighted by molar-refractivity contribution is 5.94. The molecule has 8 heteroatoms. The van der Waals surface area contributed by atoms with Crippen molar-refractivity contribution < 1.29 is 18.0 Å². The summed E-state index contributed by atoms with van der Waals surface area (Å²) in [5, 5.41) is 2.68. The first-order chi connectivity index (χ1) is 11.3. The van der Waals surface area contributed by atoms with E-state index in [0.29, 0.717) is 5.82 Å². The molecule has 3 rings (SSSR count). The van der Waals surface area contributed by atoms with Crippen LogP contribution in [-0.4, -0.2) is 20.9 Å². The van der Waals surface area contributed by atoms with Gasteiger partial charge in [-0.2, -0.15) is 13.2 Å². The molecule has 2 heterocycles. The van der Waals surface area contributed by atoms with E-state index in [1.165, 1.54) is 0 Å². The number of rotatable bonds is 3. The summed E-state index contributed by atoms with van der Waals surface area (Å²) >= 11 is 0. The number of halogens is 3. The molecule has 0 aliphatic heterocycles. The lowest BCUT2D eigenvalue weighted by Crippen LogP contribution is -2.27. The number of hydrogen-bond donors (Lipinski definition) is 2. The normalized spacial score (nSPS) is 13.0. The van der Waals surface area contributed by atoms with Gasteiger partial charge in [0.05, 0.1) is 22.6 Å². The maximum Gasteiger partial charge on any atom is 0.433 e. The fourth-order valence-corrected chi connectivity index (χ4v) is 2.22. The Morgan fingerprint density at radius 1 is 1.21 bits per heavy atom. The van der Waals surface area contributed by atoms with Crippen LogP contribution in [0.2, 0.25) is 0 Å². The zero-order chi connectivity index (χ0) is 17.3. The standard InChI is InChI=1S/C16H13F3N4O/c1-9(14-22-11-4-2-3-5-12(11)23-14)21-15(24)10-6-7-13(20-8-10)16(17,18)19/h2-9H,1H3,(H,21,24)(H,22,23). The van der Waals surface area contributed by atoms with Crippen molar-refractivity contribution in [1.82, 2.24) is 20.3 Å².